The Morgan fingerprint density at radius 1 is 1.32 bits per heavy atom. The molecule has 1 aromatic rings. The predicted molar refractivity (Wildman–Crippen MR) is 103 cm³/mol. The Morgan fingerprint density at radius 3 is 2.60 bits per heavy atom. The molecule has 1 fully saturated rings. The maximum atomic E-state index is 12.6. The molecule has 0 heterocycles. The molecule has 25 heavy (non-hydrogen) atoms. The summed E-state index contributed by atoms with van der Waals surface area (Å²) in [5.74, 6) is 0.303. The van der Waals surface area contributed by atoms with Gasteiger partial charge in [-0.3, -0.25) is 4.79 Å². The van der Waals surface area contributed by atoms with Gasteiger partial charge in [0.1, 0.15) is 5.75 Å². The molecule has 0 saturated heterocycles. The van der Waals surface area contributed by atoms with Crippen molar-refractivity contribution in [3.05, 3.63) is 22.7 Å². The molecule has 1 aromatic carbocycles. The van der Waals surface area contributed by atoms with Crippen molar-refractivity contribution in [3.63, 3.8) is 0 Å². The predicted octanol–water partition coefficient (Wildman–Crippen LogP) is 3.71. The van der Waals surface area contributed by atoms with Gasteiger partial charge < -0.3 is 20.7 Å². The number of nitrogens with zero attached hydrogens (tertiary/aromatic N) is 1. The third kappa shape index (κ3) is 4.79. The van der Waals surface area contributed by atoms with Crippen molar-refractivity contribution in [1.82, 2.24) is 10.2 Å². The van der Waals surface area contributed by atoms with E-state index >= 15 is 0 Å². The lowest BCUT2D eigenvalue weighted by molar-refractivity contribution is 0.0834. The van der Waals surface area contributed by atoms with Crippen LogP contribution < -0.4 is 15.8 Å². The van der Waals surface area contributed by atoms with E-state index in [2.05, 4.69) is 24.3 Å². The smallest absolute Gasteiger partial charge is 0.255 e. The Kier molecular flexibility index (Phi) is 6.96. The third-order valence-corrected chi connectivity index (χ3v) is 5.58. The summed E-state index contributed by atoms with van der Waals surface area (Å²) >= 11 is 6.08. The number of amides is 1. The Balaban J connectivity index is 2.03. The molecular formula is C19H30ClN3O2. The van der Waals surface area contributed by atoms with Crippen LogP contribution in [0.1, 0.15) is 55.8 Å². The standard InChI is InChI=1S/C19H30ClN3O2/c1-4-25-17-13-16(21)15(20)12-14(17)18(24)22-11-10-19(23(2)3)8-6-5-7-9-19/h12-13H,4-11,21H2,1-3H3,(H,22,24). The molecular weight excluding hydrogens is 338 g/mol. The number of hydrogen-bond acceptors (Lipinski definition) is 4. The highest BCUT2D eigenvalue weighted by molar-refractivity contribution is 6.33. The van der Waals surface area contributed by atoms with Crippen molar-refractivity contribution in [3.8, 4) is 5.75 Å². The summed E-state index contributed by atoms with van der Waals surface area (Å²) in [5, 5.41) is 3.39. The number of nitrogen functional groups attached to an aromatic ring is 1. The Bertz CT molecular complexity index is 599. The summed E-state index contributed by atoms with van der Waals surface area (Å²) < 4.78 is 5.54. The fourth-order valence-electron chi connectivity index (χ4n) is 3.66. The first kappa shape index (κ1) is 19.9. The first-order chi connectivity index (χ1) is 11.9. The number of rotatable bonds is 7. The first-order valence-electron chi connectivity index (χ1n) is 9.07. The van der Waals surface area contributed by atoms with E-state index in [1.54, 1.807) is 12.1 Å². The summed E-state index contributed by atoms with van der Waals surface area (Å²) in [5.41, 5.74) is 6.85. The topological polar surface area (TPSA) is 67.6 Å². The lowest BCUT2D eigenvalue weighted by atomic mass is 9.78. The van der Waals surface area contributed by atoms with Gasteiger partial charge in [0, 0.05) is 18.2 Å². The number of hydrogen-bond donors (Lipinski definition) is 2. The minimum Gasteiger partial charge on any atom is -0.493 e. The van der Waals surface area contributed by atoms with Gasteiger partial charge in [-0.1, -0.05) is 30.9 Å². The van der Waals surface area contributed by atoms with Gasteiger partial charge in [0.15, 0.2) is 0 Å². The van der Waals surface area contributed by atoms with Gasteiger partial charge in [-0.2, -0.15) is 0 Å². The third-order valence-electron chi connectivity index (χ3n) is 5.25. The molecule has 0 aliphatic heterocycles. The van der Waals surface area contributed by atoms with E-state index in [0.29, 0.717) is 35.2 Å². The summed E-state index contributed by atoms with van der Waals surface area (Å²) in [6, 6.07) is 3.20. The van der Waals surface area contributed by atoms with Crippen LogP contribution in [-0.4, -0.2) is 43.6 Å². The largest absolute Gasteiger partial charge is 0.493 e. The lowest BCUT2D eigenvalue weighted by Crippen LogP contribution is -2.48. The number of nitrogens with two attached hydrogens (primary N) is 1. The van der Waals surface area contributed by atoms with Gasteiger partial charge in [0.2, 0.25) is 0 Å². The maximum Gasteiger partial charge on any atom is 0.255 e. The number of ether oxygens (including phenoxy) is 1. The second kappa shape index (κ2) is 8.77. The van der Waals surface area contributed by atoms with Crippen molar-refractivity contribution in [2.24, 2.45) is 0 Å². The minimum absolute atomic E-state index is 0.171. The van der Waals surface area contributed by atoms with E-state index in [1.807, 2.05) is 6.92 Å². The average Bonchev–Trinajstić information content (AvgIpc) is 2.58. The highest BCUT2D eigenvalue weighted by Crippen LogP contribution is 2.35. The summed E-state index contributed by atoms with van der Waals surface area (Å²) in [4.78, 5) is 14.9. The van der Waals surface area contributed by atoms with E-state index in [-0.39, 0.29) is 11.4 Å². The van der Waals surface area contributed by atoms with Crippen LogP contribution in [0.5, 0.6) is 5.75 Å². The molecule has 0 aromatic heterocycles. The van der Waals surface area contributed by atoms with E-state index in [4.69, 9.17) is 22.1 Å². The monoisotopic (exact) mass is 367 g/mol. The molecule has 6 heteroatoms. The molecule has 1 saturated carbocycles. The first-order valence-corrected chi connectivity index (χ1v) is 9.45. The van der Waals surface area contributed by atoms with Crippen LogP contribution >= 0.6 is 11.6 Å². The number of carbonyl (C=O) groups is 1. The van der Waals surface area contributed by atoms with Gasteiger partial charge in [0.25, 0.3) is 5.91 Å². The average molecular weight is 368 g/mol. The van der Waals surface area contributed by atoms with Crippen LogP contribution in [-0.2, 0) is 0 Å². The second-order valence-electron chi connectivity index (χ2n) is 6.99. The van der Waals surface area contributed by atoms with Crippen molar-refractivity contribution < 1.29 is 9.53 Å². The molecule has 1 aliphatic rings. The van der Waals surface area contributed by atoms with Crippen LogP contribution in [0, 0.1) is 0 Å². The zero-order valence-electron chi connectivity index (χ0n) is 15.5. The molecule has 0 spiro atoms. The van der Waals surface area contributed by atoms with E-state index in [0.717, 1.165) is 6.42 Å². The van der Waals surface area contributed by atoms with Crippen LogP contribution in [0.15, 0.2) is 12.1 Å². The summed E-state index contributed by atoms with van der Waals surface area (Å²) in [6.45, 7) is 2.96. The summed E-state index contributed by atoms with van der Waals surface area (Å²) in [6.07, 6.45) is 7.14. The molecule has 3 N–H and O–H groups in total. The number of anilines is 1. The van der Waals surface area contributed by atoms with Gasteiger partial charge >= 0.3 is 0 Å². The molecule has 2 rings (SSSR count). The van der Waals surface area contributed by atoms with Crippen LogP contribution in [0.4, 0.5) is 5.69 Å². The Labute approximate surface area is 155 Å². The van der Waals surface area contributed by atoms with Gasteiger partial charge in [-0.05, 0) is 46.3 Å². The van der Waals surface area contributed by atoms with Gasteiger partial charge in [-0.25, -0.2) is 0 Å². The minimum atomic E-state index is -0.171. The molecule has 0 radical (unpaired) electrons. The normalized spacial score (nSPS) is 16.7. The Hall–Kier alpha value is -1.46. The Morgan fingerprint density at radius 2 is 2.00 bits per heavy atom. The molecule has 0 atom stereocenters. The van der Waals surface area contributed by atoms with Crippen molar-refractivity contribution >= 4 is 23.2 Å². The SMILES string of the molecule is CCOc1cc(N)c(Cl)cc1C(=O)NCCC1(N(C)C)CCCCC1. The fraction of sp³-hybridized carbons (Fsp3) is 0.632. The van der Waals surface area contributed by atoms with Gasteiger partial charge in [0.05, 0.1) is 22.9 Å². The fourth-order valence-corrected chi connectivity index (χ4v) is 3.82. The van der Waals surface area contributed by atoms with E-state index in [1.165, 1.54) is 32.1 Å². The molecule has 0 unspecified atom stereocenters. The lowest BCUT2D eigenvalue weighted by Gasteiger charge is -2.43. The molecule has 5 nitrogen and oxygen atoms in total. The number of halogens is 1. The van der Waals surface area contributed by atoms with Crippen LogP contribution in [0.25, 0.3) is 0 Å². The molecule has 1 aliphatic carbocycles. The van der Waals surface area contributed by atoms with Crippen LogP contribution in [0.3, 0.4) is 0 Å². The molecule has 1 amide bonds. The number of benzene rings is 1. The highest BCUT2D eigenvalue weighted by atomic mass is 35.5. The highest BCUT2D eigenvalue weighted by Gasteiger charge is 2.33. The molecule has 140 valence electrons. The number of carbonyl (C=O) groups excluding carboxylic acids is 1. The van der Waals surface area contributed by atoms with Crippen molar-refractivity contribution in [1.29, 1.82) is 0 Å². The van der Waals surface area contributed by atoms with E-state index < -0.39 is 0 Å². The van der Waals surface area contributed by atoms with Crippen LogP contribution in [0.2, 0.25) is 5.02 Å². The summed E-state index contributed by atoms with van der Waals surface area (Å²) in [7, 11) is 4.28. The van der Waals surface area contributed by atoms with Crippen molar-refractivity contribution in [2.75, 3.05) is 33.0 Å². The van der Waals surface area contributed by atoms with E-state index in [9.17, 15) is 4.79 Å². The van der Waals surface area contributed by atoms with Gasteiger partial charge in [-0.15, -0.1) is 0 Å². The zero-order chi connectivity index (χ0) is 18.4. The zero-order valence-corrected chi connectivity index (χ0v) is 16.3. The number of nitrogens with one attached hydrogen (secondary N) is 1. The van der Waals surface area contributed by atoms with Crippen molar-refractivity contribution in [2.45, 2.75) is 51.0 Å². The second-order valence-corrected chi connectivity index (χ2v) is 7.40. The maximum absolute atomic E-state index is 12.6. The molecule has 0 bridgehead atoms. The quantitative estimate of drug-likeness (QED) is 0.721.